The van der Waals surface area contributed by atoms with Crippen LogP contribution in [0.5, 0.6) is 0 Å². The molecule has 0 unspecified atom stereocenters. The fourth-order valence-corrected chi connectivity index (χ4v) is 3.69. The van der Waals surface area contributed by atoms with E-state index in [2.05, 4.69) is 5.32 Å². The van der Waals surface area contributed by atoms with Gasteiger partial charge in [-0.1, -0.05) is 12.1 Å². The molecule has 11 heteroatoms. The van der Waals surface area contributed by atoms with E-state index in [1.54, 1.807) is 0 Å². The zero-order valence-electron chi connectivity index (χ0n) is 16.5. The molecule has 1 fully saturated rings. The van der Waals surface area contributed by atoms with E-state index in [4.69, 9.17) is 4.42 Å². The van der Waals surface area contributed by atoms with Crippen LogP contribution in [0.2, 0.25) is 0 Å². The summed E-state index contributed by atoms with van der Waals surface area (Å²) in [5.74, 6) is -5.11. The Morgan fingerprint density at radius 3 is 2.33 bits per heavy atom. The SMILES string of the molecule is O=C1N[C@H](c2ccc(-c3cccc(F)c3)o2)[C@H](C(=O)c2ccc(F)cc2)[C@@](O)(C(F)(F)F)N1. The van der Waals surface area contributed by atoms with Crippen LogP contribution < -0.4 is 10.6 Å². The highest BCUT2D eigenvalue weighted by atomic mass is 19.4. The highest BCUT2D eigenvalue weighted by Gasteiger charge is 2.66. The van der Waals surface area contributed by atoms with Gasteiger partial charge in [-0.2, -0.15) is 13.2 Å². The summed E-state index contributed by atoms with van der Waals surface area (Å²) < 4.78 is 74.1. The summed E-state index contributed by atoms with van der Waals surface area (Å²) in [5, 5.41) is 14.1. The normalized spacial score (nSPS) is 23.0. The van der Waals surface area contributed by atoms with E-state index in [1.807, 2.05) is 0 Å². The molecular formula is C22H15F5N2O4. The third kappa shape index (κ3) is 4.07. The molecule has 0 spiro atoms. The highest BCUT2D eigenvalue weighted by molar-refractivity contribution is 6.00. The summed E-state index contributed by atoms with van der Waals surface area (Å²) in [7, 11) is 0. The Balaban J connectivity index is 1.81. The molecule has 3 aromatic rings. The Labute approximate surface area is 183 Å². The number of urea groups is 1. The van der Waals surface area contributed by atoms with Crippen molar-refractivity contribution < 1.29 is 41.1 Å². The Bertz CT molecular complexity index is 1210. The number of halogens is 5. The van der Waals surface area contributed by atoms with Crippen LogP contribution in [-0.4, -0.2) is 28.8 Å². The number of Topliss-reactive ketones (excluding diaryl/α,β-unsaturated/α-hetero) is 1. The molecule has 2 heterocycles. The monoisotopic (exact) mass is 466 g/mol. The second kappa shape index (κ2) is 8.00. The van der Waals surface area contributed by atoms with Gasteiger partial charge in [0.25, 0.3) is 0 Å². The molecule has 0 bridgehead atoms. The van der Waals surface area contributed by atoms with Crippen molar-refractivity contribution in [3.05, 3.63) is 83.6 Å². The zero-order chi connectivity index (χ0) is 24.0. The summed E-state index contributed by atoms with van der Waals surface area (Å²) in [6.07, 6.45) is -5.46. The molecule has 1 aromatic heterocycles. The smallest absolute Gasteiger partial charge is 0.437 e. The zero-order valence-corrected chi connectivity index (χ0v) is 16.5. The maximum Gasteiger partial charge on any atom is 0.437 e. The third-order valence-corrected chi connectivity index (χ3v) is 5.26. The molecule has 0 radical (unpaired) electrons. The van der Waals surface area contributed by atoms with Gasteiger partial charge in [0.2, 0.25) is 5.72 Å². The second-order valence-electron chi connectivity index (χ2n) is 7.40. The van der Waals surface area contributed by atoms with E-state index < -0.39 is 47.3 Å². The molecule has 2 aromatic carbocycles. The standard InChI is InChI=1S/C22H15F5N2O4/c23-13-6-4-11(5-7-13)19(30)17-18(28-20(31)29-21(17,32)22(25,26)27)16-9-8-15(33-16)12-2-1-3-14(24)10-12/h1-10,17-18,32H,(H2,28,29,31)/t17-,18-,21-/m1/s1. The highest BCUT2D eigenvalue weighted by Crippen LogP contribution is 2.44. The van der Waals surface area contributed by atoms with Gasteiger partial charge in [0, 0.05) is 11.1 Å². The van der Waals surface area contributed by atoms with Gasteiger partial charge in [-0.15, -0.1) is 0 Å². The summed E-state index contributed by atoms with van der Waals surface area (Å²) in [4.78, 5) is 25.2. The van der Waals surface area contributed by atoms with Crippen LogP contribution in [0.15, 0.2) is 65.1 Å². The Hall–Kier alpha value is -3.73. The number of amides is 2. The first kappa shape index (κ1) is 22.5. The van der Waals surface area contributed by atoms with Crippen molar-refractivity contribution in [1.82, 2.24) is 10.6 Å². The van der Waals surface area contributed by atoms with Crippen LogP contribution in [-0.2, 0) is 0 Å². The van der Waals surface area contributed by atoms with Gasteiger partial charge < -0.3 is 20.2 Å². The number of alkyl halides is 3. The van der Waals surface area contributed by atoms with Gasteiger partial charge in [0.05, 0.1) is 0 Å². The molecule has 6 nitrogen and oxygen atoms in total. The van der Waals surface area contributed by atoms with Crippen molar-refractivity contribution in [1.29, 1.82) is 0 Å². The lowest BCUT2D eigenvalue weighted by Gasteiger charge is -2.44. The van der Waals surface area contributed by atoms with Crippen LogP contribution in [0.25, 0.3) is 11.3 Å². The molecule has 1 aliphatic heterocycles. The van der Waals surface area contributed by atoms with E-state index in [9.17, 15) is 36.6 Å². The lowest BCUT2D eigenvalue weighted by atomic mass is 9.79. The molecule has 0 saturated carbocycles. The predicted octanol–water partition coefficient (Wildman–Crippen LogP) is 4.33. The number of hydrogen-bond donors (Lipinski definition) is 3. The fraction of sp³-hybridized carbons (Fsp3) is 0.182. The topological polar surface area (TPSA) is 91.6 Å². The number of nitrogens with one attached hydrogen (secondary N) is 2. The van der Waals surface area contributed by atoms with E-state index in [-0.39, 0.29) is 22.6 Å². The van der Waals surface area contributed by atoms with Crippen molar-refractivity contribution in [2.75, 3.05) is 0 Å². The Morgan fingerprint density at radius 1 is 1.00 bits per heavy atom. The van der Waals surface area contributed by atoms with Crippen molar-refractivity contribution in [2.45, 2.75) is 17.9 Å². The number of benzene rings is 2. The van der Waals surface area contributed by atoms with Gasteiger partial charge >= 0.3 is 12.2 Å². The van der Waals surface area contributed by atoms with E-state index >= 15 is 0 Å². The lowest BCUT2D eigenvalue weighted by molar-refractivity contribution is -0.288. The van der Waals surface area contributed by atoms with Crippen LogP contribution in [0.3, 0.4) is 0 Å². The van der Waals surface area contributed by atoms with Gasteiger partial charge in [-0.3, -0.25) is 4.79 Å². The first-order valence-corrected chi connectivity index (χ1v) is 9.53. The largest absolute Gasteiger partial charge is 0.459 e. The van der Waals surface area contributed by atoms with Gasteiger partial charge in [-0.25, -0.2) is 13.6 Å². The lowest BCUT2D eigenvalue weighted by Crippen LogP contribution is -2.72. The number of aliphatic hydroxyl groups is 1. The maximum absolute atomic E-state index is 13.9. The number of carbonyl (C=O) groups is 2. The maximum atomic E-state index is 13.9. The molecule has 4 rings (SSSR count). The quantitative estimate of drug-likeness (QED) is 0.394. The molecule has 33 heavy (non-hydrogen) atoms. The number of rotatable bonds is 4. The summed E-state index contributed by atoms with van der Waals surface area (Å²) in [5.41, 5.74) is -4.03. The average molecular weight is 466 g/mol. The average Bonchev–Trinajstić information content (AvgIpc) is 3.23. The molecule has 2 amide bonds. The molecule has 1 saturated heterocycles. The number of furan rings is 1. The van der Waals surface area contributed by atoms with Crippen LogP contribution in [0.4, 0.5) is 26.7 Å². The minimum Gasteiger partial charge on any atom is -0.459 e. The Morgan fingerprint density at radius 2 is 1.70 bits per heavy atom. The third-order valence-electron chi connectivity index (χ3n) is 5.26. The van der Waals surface area contributed by atoms with Gasteiger partial charge in [0.15, 0.2) is 5.78 Å². The molecule has 172 valence electrons. The van der Waals surface area contributed by atoms with Crippen molar-refractivity contribution in [2.24, 2.45) is 5.92 Å². The number of carbonyl (C=O) groups excluding carboxylic acids is 2. The second-order valence-corrected chi connectivity index (χ2v) is 7.40. The van der Waals surface area contributed by atoms with Gasteiger partial charge in [0.1, 0.15) is 35.1 Å². The number of ketones is 1. The molecular weight excluding hydrogens is 451 g/mol. The summed E-state index contributed by atoms with van der Waals surface area (Å²) >= 11 is 0. The van der Waals surface area contributed by atoms with E-state index in [1.165, 1.54) is 35.6 Å². The molecule has 3 atom stereocenters. The van der Waals surface area contributed by atoms with Crippen molar-refractivity contribution >= 4 is 11.8 Å². The van der Waals surface area contributed by atoms with Crippen LogP contribution >= 0.6 is 0 Å². The van der Waals surface area contributed by atoms with E-state index in [0.29, 0.717) is 0 Å². The van der Waals surface area contributed by atoms with Crippen LogP contribution in [0.1, 0.15) is 22.2 Å². The van der Waals surface area contributed by atoms with Gasteiger partial charge in [-0.05, 0) is 48.5 Å². The van der Waals surface area contributed by atoms with Crippen molar-refractivity contribution in [3.8, 4) is 11.3 Å². The summed E-state index contributed by atoms with van der Waals surface area (Å²) in [6, 6.07) is 8.22. The van der Waals surface area contributed by atoms with Crippen molar-refractivity contribution in [3.63, 3.8) is 0 Å². The van der Waals surface area contributed by atoms with Crippen LogP contribution in [0, 0.1) is 17.6 Å². The minimum atomic E-state index is -5.46. The summed E-state index contributed by atoms with van der Waals surface area (Å²) in [6.45, 7) is 0. The predicted molar refractivity (Wildman–Crippen MR) is 104 cm³/mol. The Kier molecular flexibility index (Phi) is 5.44. The first-order valence-electron chi connectivity index (χ1n) is 9.53. The molecule has 1 aliphatic rings. The molecule has 0 aliphatic carbocycles. The first-order chi connectivity index (χ1) is 15.5. The molecule has 3 N–H and O–H groups in total. The minimum absolute atomic E-state index is 0.0563. The van der Waals surface area contributed by atoms with E-state index in [0.717, 1.165) is 30.3 Å². The number of hydrogen-bond acceptors (Lipinski definition) is 4. The fourth-order valence-electron chi connectivity index (χ4n) is 3.69.